The van der Waals surface area contributed by atoms with Crippen LogP contribution in [-0.2, 0) is 5.75 Å². The lowest BCUT2D eigenvalue weighted by atomic mass is 10.1. The molecule has 0 radical (unpaired) electrons. The second-order valence-electron chi connectivity index (χ2n) is 4.47. The molecule has 0 saturated heterocycles. The summed E-state index contributed by atoms with van der Waals surface area (Å²) >= 11 is 1.52. The van der Waals surface area contributed by atoms with Gasteiger partial charge in [0, 0.05) is 34.4 Å². The van der Waals surface area contributed by atoms with E-state index in [0.29, 0.717) is 17.0 Å². The van der Waals surface area contributed by atoms with Gasteiger partial charge in [-0.2, -0.15) is 0 Å². The largest absolute Gasteiger partial charge is 0.508 e. The fourth-order valence-electron chi connectivity index (χ4n) is 2.02. The van der Waals surface area contributed by atoms with Crippen LogP contribution in [0.2, 0.25) is 0 Å². The van der Waals surface area contributed by atoms with E-state index in [-0.39, 0.29) is 5.75 Å². The first-order valence-electron chi connectivity index (χ1n) is 6.21. The summed E-state index contributed by atoms with van der Waals surface area (Å²) in [6, 6.07) is 8.03. The van der Waals surface area contributed by atoms with Crippen LogP contribution in [0.25, 0.3) is 11.0 Å². The van der Waals surface area contributed by atoms with Crippen LogP contribution in [-0.4, -0.2) is 10.1 Å². The number of phenolic OH excluding ortho intramolecular Hbond substituents is 1. The SMILES string of the molecule is Nc1cnccc1SCc1cc(=O)oc2cc(O)ccc12. The Balaban J connectivity index is 1.97. The molecule has 2 aromatic heterocycles. The van der Waals surface area contributed by atoms with E-state index in [1.165, 1.54) is 23.9 Å². The third-order valence-electron chi connectivity index (χ3n) is 3.01. The highest BCUT2D eigenvalue weighted by Crippen LogP contribution is 2.30. The van der Waals surface area contributed by atoms with Crippen molar-refractivity contribution in [3.63, 3.8) is 0 Å². The number of hydrogen-bond acceptors (Lipinski definition) is 6. The van der Waals surface area contributed by atoms with Gasteiger partial charge in [0.1, 0.15) is 11.3 Å². The topological polar surface area (TPSA) is 89.4 Å². The van der Waals surface area contributed by atoms with Crippen LogP contribution in [0.5, 0.6) is 5.75 Å². The highest BCUT2D eigenvalue weighted by atomic mass is 32.2. The average molecular weight is 300 g/mol. The highest BCUT2D eigenvalue weighted by molar-refractivity contribution is 7.98. The summed E-state index contributed by atoms with van der Waals surface area (Å²) in [4.78, 5) is 16.5. The Kier molecular flexibility index (Phi) is 3.53. The van der Waals surface area contributed by atoms with Gasteiger partial charge in [0.05, 0.1) is 11.9 Å². The van der Waals surface area contributed by atoms with Crippen molar-refractivity contribution in [2.45, 2.75) is 10.6 Å². The zero-order valence-electron chi connectivity index (χ0n) is 10.9. The van der Waals surface area contributed by atoms with E-state index in [0.717, 1.165) is 15.8 Å². The number of nitrogen functional groups attached to an aromatic ring is 1. The van der Waals surface area contributed by atoms with Gasteiger partial charge in [-0.15, -0.1) is 11.8 Å². The second kappa shape index (κ2) is 5.49. The average Bonchev–Trinajstić information content (AvgIpc) is 2.45. The van der Waals surface area contributed by atoms with Crippen LogP contribution in [0.1, 0.15) is 5.56 Å². The van der Waals surface area contributed by atoms with Crippen LogP contribution in [0.4, 0.5) is 5.69 Å². The van der Waals surface area contributed by atoms with Crippen LogP contribution < -0.4 is 11.4 Å². The molecule has 0 aliphatic heterocycles. The lowest BCUT2D eigenvalue weighted by Crippen LogP contribution is -2.00. The van der Waals surface area contributed by atoms with Crippen molar-refractivity contribution in [2.24, 2.45) is 0 Å². The number of aromatic nitrogens is 1. The van der Waals surface area contributed by atoms with Crippen LogP contribution >= 0.6 is 11.8 Å². The van der Waals surface area contributed by atoms with Crippen molar-refractivity contribution in [1.29, 1.82) is 0 Å². The molecule has 0 unspecified atom stereocenters. The molecule has 3 N–H and O–H groups in total. The predicted octanol–water partition coefficient (Wildman–Crippen LogP) is 2.77. The fraction of sp³-hybridized carbons (Fsp3) is 0.0667. The number of hydrogen-bond donors (Lipinski definition) is 2. The molecule has 1 aromatic carbocycles. The molecule has 0 fully saturated rings. The number of benzene rings is 1. The molecule has 0 bridgehead atoms. The summed E-state index contributed by atoms with van der Waals surface area (Å²) in [7, 11) is 0. The van der Waals surface area contributed by atoms with Crippen molar-refractivity contribution in [1.82, 2.24) is 4.98 Å². The molecule has 0 amide bonds. The minimum absolute atomic E-state index is 0.0637. The lowest BCUT2D eigenvalue weighted by Gasteiger charge is -2.07. The van der Waals surface area contributed by atoms with Gasteiger partial charge in [-0.3, -0.25) is 4.98 Å². The monoisotopic (exact) mass is 300 g/mol. The van der Waals surface area contributed by atoms with Crippen molar-refractivity contribution >= 4 is 28.4 Å². The number of nitrogens with zero attached hydrogens (tertiary/aromatic N) is 1. The number of thioether (sulfide) groups is 1. The number of anilines is 1. The van der Waals surface area contributed by atoms with E-state index in [9.17, 15) is 9.90 Å². The Morgan fingerprint density at radius 2 is 2.14 bits per heavy atom. The van der Waals surface area contributed by atoms with Gasteiger partial charge in [0.25, 0.3) is 0 Å². The first kappa shape index (κ1) is 13.5. The smallest absolute Gasteiger partial charge is 0.336 e. The van der Waals surface area contributed by atoms with E-state index in [2.05, 4.69) is 4.98 Å². The summed E-state index contributed by atoms with van der Waals surface area (Å²) in [5, 5.41) is 10.3. The number of phenols is 1. The molecule has 21 heavy (non-hydrogen) atoms. The molecular formula is C15H12N2O3S. The number of fused-ring (bicyclic) bond motifs is 1. The molecule has 0 spiro atoms. The van der Waals surface area contributed by atoms with E-state index >= 15 is 0 Å². The molecule has 0 atom stereocenters. The molecular weight excluding hydrogens is 288 g/mol. The maximum atomic E-state index is 11.6. The Morgan fingerprint density at radius 3 is 2.95 bits per heavy atom. The standard InChI is InChI=1S/C15H12N2O3S/c16-12-7-17-4-3-14(12)21-8-9-5-15(19)20-13-6-10(18)1-2-11(9)13/h1-7,18H,8,16H2. The summed E-state index contributed by atoms with van der Waals surface area (Å²) < 4.78 is 5.10. The van der Waals surface area contributed by atoms with Crippen molar-refractivity contribution in [3.05, 3.63) is 58.7 Å². The Bertz CT molecular complexity index is 861. The number of pyridine rings is 1. The Morgan fingerprint density at radius 1 is 1.29 bits per heavy atom. The Labute approximate surface area is 124 Å². The van der Waals surface area contributed by atoms with Crippen LogP contribution in [0.15, 0.2) is 56.8 Å². The van der Waals surface area contributed by atoms with E-state index in [1.807, 2.05) is 6.07 Å². The molecule has 2 heterocycles. The van der Waals surface area contributed by atoms with Crippen LogP contribution in [0.3, 0.4) is 0 Å². The molecule has 3 rings (SSSR count). The minimum Gasteiger partial charge on any atom is -0.508 e. The molecule has 106 valence electrons. The van der Waals surface area contributed by atoms with Crippen molar-refractivity contribution in [3.8, 4) is 5.75 Å². The van der Waals surface area contributed by atoms with Gasteiger partial charge in [0.2, 0.25) is 0 Å². The first-order valence-corrected chi connectivity index (χ1v) is 7.20. The van der Waals surface area contributed by atoms with Crippen molar-refractivity contribution in [2.75, 3.05) is 5.73 Å². The zero-order chi connectivity index (χ0) is 14.8. The van der Waals surface area contributed by atoms with Gasteiger partial charge >= 0.3 is 5.63 Å². The highest BCUT2D eigenvalue weighted by Gasteiger charge is 2.08. The predicted molar refractivity (Wildman–Crippen MR) is 82.4 cm³/mol. The zero-order valence-corrected chi connectivity index (χ0v) is 11.8. The number of aromatic hydroxyl groups is 1. The maximum Gasteiger partial charge on any atom is 0.336 e. The molecule has 6 heteroatoms. The normalized spacial score (nSPS) is 10.9. The van der Waals surface area contributed by atoms with E-state index < -0.39 is 5.63 Å². The number of rotatable bonds is 3. The maximum absolute atomic E-state index is 11.6. The lowest BCUT2D eigenvalue weighted by molar-refractivity contribution is 0.473. The fourth-order valence-corrected chi connectivity index (χ4v) is 2.95. The third-order valence-corrected chi connectivity index (χ3v) is 4.15. The van der Waals surface area contributed by atoms with E-state index in [4.69, 9.17) is 10.2 Å². The molecule has 0 saturated carbocycles. The quantitative estimate of drug-likeness (QED) is 0.571. The van der Waals surface area contributed by atoms with Gasteiger partial charge in [0.15, 0.2) is 0 Å². The van der Waals surface area contributed by atoms with Gasteiger partial charge < -0.3 is 15.3 Å². The van der Waals surface area contributed by atoms with Gasteiger partial charge in [-0.1, -0.05) is 0 Å². The molecule has 5 nitrogen and oxygen atoms in total. The van der Waals surface area contributed by atoms with Gasteiger partial charge in [-0.05, 0) is 23.8 Å². The molecule has 3 aromatic rings. The summed E-state index contributed by atoms with van der Waals surface area (Å²) in [6.45, 7) is 0. The Hall–Kier alpha value is -2.47. The van der Waals surface area contributed by atoms with Gasteiger partial charge in [-0.25, -0.2) is 4.79 Å². The summed E-state index contributed by atoms with van der Waals surface area (Å²) in [5.41, 5.74) is 7.23. The first-order chi connectivity index (χ1) is 10.1. The molecule has 0 aliphatic carbocycles. The third kappa shape index (κ3) is 2.85. The number of nitrogens with two attached hydrogens (primary N) is 1. The summed E-state index contributed by atoms with van der Waals surface area (Å²) in [5.74, 6) is 0.634. The van der Waals surface area contributed by atoms with Crippen molar-refractivity contribution < 1.29 is 9.52 Å². The van der Waals surface area contributed by atoms with Crippen LogP contribution in [0, 0.1) is 0 Å². The minimum atomic E-state index is -0.439. The van der Waals surface area contributed by atoms with E-state index in [1.54, 1.807) is 24.5 Å². The second-order valence-corrected chi connectivity index (χ2v) is 5.49. The summed E-state index contributed by atoms with van der Waals surface area (Å²) in [6.07, 6.45) is 3.27. The molecule has 0 aliphatic rings.